The molecule has 5 heteroatoms. The lowest BCUT2D eigenvalue weighted by Gasteiger charge is -2.06. The topological polar surface area (TPSA) is 57.4 Å². The summed E-state index contributed by atoms with van der Waals surface area (Å²) in [7, 11) is 0. The Hall–Kier alpha value is -2.69. The van der Waals surface area contributed by atoms with Gasteiger partial charge in [0, 0.05) is 15.6 Å². The zero-order valence-electron chi connectivity index (χ0n) is 9.32. The maximum absolute atomic E-state index is 12.4. The van der Waals surface area contributed by atoms with Crippen molar-refractivity contribution >= 4 is 21.9 Å². The van der Waals surface area contributed by atoms with Crippen LogP contribution in [0.2, 0.25) is 0 Å². The highest BCUT2D eigenvalue weighted by molar-refractivity contribution is 5.81. The van der Waals surface area contributed by atoms with Crippen molar-refractivity contribution in [2.24, 2.45) is 0 Å². The Morgan fingerprint density at radius 1 is 0.889 bits per heavy atom. The third-order valence-corrected chi connectivity index (χ3v) is 3.01. The molecular formula is C13H8N4O. The molecule has 0 bridgehead atoms. The maximum Gasteiger partial charge on any atom is 0.207 e. The molecule has 0 unspecified atom stereocenters. The Bertz CT molecular complexity index is 897. The normalized spacial score (nSPS) is 11.6. The lowest BCUT2D eigenvalue weighted by atomic mass is 10.2. The first-order valence-electron chi connectivity index (χ1n) is 5.60. The van der Waals surface area contributed by atoms with E-state index in [2.05, 4.69) is 10.2 Å². The van der Waals surface area contributed by atoms with Crippen molar-refractivity contribution < 1.29 is 9.62 Å². The van der Waals surface area contributed by atoms with Gasteiger partial charge >= 0.3 is 0 Å². The molecule has 86 valence electrons. The van der Waals surface area contributed by atoms with Crippen LogP contribution in [-0.4, -0.2) is 14.9 Å². The minimum atomic E-state index is -0.102. The van der Waals surface area contributed by atoms with Gasteiger partial charge in [-0.05, 0) is 24.3 Å². The van der Waals surface area contributed by atoms with Crippen LogP contribution in [0.1, 0.15) is 0 Å². The molecule has 0 fully saturated rings. The summed E-state index contributed by atoms with van der Waals surface area (Å²) < 4.78 is 2.84. The molecule has 0 aliphatic heterocycles. The van der Waals surface area contributed by atoms with E-state index < -0.39 is 0 Å². The zero-order valence-corrected chi connectivity index (χ0v) is 9.32. The fourth-order valence-electron chi connectivity index (χ4n) is 2.18. The van der Waals surface area contributed by atoms with Gasteiger partial charge in [-0.1, -0.05) is 24.3 Å². The summed E-state index contributed by atoms with van der Waals surface area (Å²) in [5.74, 6) is -0.102. The molecule has 0 saturated carbocycles. The van der Waals surface area contributed by atoms with E-state index in [-0.39, 0.29) is 5.88 Å². The average Bonchev–Trinajstić information content (AvgIpc) is 2.77. The standard InChI is InChI=1S/C13H8N4O/c18-13-9-5-1-2-6-10(9)14-17-15-11-7-3-4-8-12(11)16(13)17/h1-8H. The fraction of sp³-hybridized carbons (Fsp3) is 0. The van der Waals surface area contributed by atoms with E-state index in [0.717, 1.165) is 11.0 Å². The van der Waals surface area contributed by atoms with Crippen molar-refractivity contribution in [3.05, 3.63) is 48.5 Å². The van der Waals surface area contributed by atoms with Crippen LogP contribution in [0.3, 0.4) is 0 Å². The van der Waals surface area contributed by atoms with Gasteiger partial charge in [-0.15, -0.1) is 4.52 Å². The van der Waals surface area contributed by atoms with Gasteiger partial charge in [-0.3, -0.25) is 0 Å². The van der Waals surface area contributed by atoms with Gasteiger partial charge in [-0.2, -0.15) is 0 Å². The van der Waals surface area contributed by atoms with Crippen LogP contribution in [-0.2, 0) is 0 Å². The van der Waals surface area contributed by atoms with Gasteiger partial charge in [0.25, 0.3) is 0 Å². The largest absolute Gasteiger partial charge is 0.846 e. The van der Waals surface area contributed by atoms with Crippen LogP contribution in [0.5, 0.6) is 5.88 Å². The summed E-state index contributed by atoms with van der Waals surface area (Å²) in [4.78, 5) is 0. The van der Waals surface area contributed by atoms with E-state index >= 15 is 0 Å². The lowest BCUT2D eigenvalue weighted by Crippen LogP contribution is -2.35. The highest BCUT2D eigenvalue weighted by atomic mass is 16.3. The number of hydrogen-bond acceptors (Lipinski definition) is 3. The molecule has 0 N–H and O–H groups in total. The molecule has 18 heavy (non-hydrogen) atoms. The Morgan fingerprint density at radius 3 is 2.44 bits per heavy atom. The Kier molecular flexibility index (Phi) is 1.64. The molecule has 4 rings (SSSR count). The van der Waals surface area contributed by atoms with Gasteiger partial charge in [0.05, 0.1) is 10.6 Å². The number of fused-ring (bicyclic) bond motifs is 4. The van der Waals surface area contributed by atoms with Crippen molar-refractivity contribution in [1.29, 1.82) is 0 Å². The van der Waals surface area contributed by atoms with Crippen molar-refractivity contribution in [2.75, 3.05) is 0 Å². The van der Waals surface area contributed by atoms with Crippen molar-refractivity contribution in [3.8, 4) is 5.88 Å². The monoisotopic (exact) mass is 236 g/mol. The first kappa shape index (κ1) is 9.35. The summed E-state index contributed by atoms with van der Waals surface area (Å²) in [6.45, 7) is 0. The summed E-state index contributed by atoms with van der Waals surface area (Å²) in [5.41, 5.74) is 2.17. The number of rotatable bonds is 0. The molecule has 0 spiro atoms. The van der Waals surface area contributed by atoms with E-state index in [0.29, 0.717) is 10.9 Å². The minimum absolute atomic E-state index is 0.102. The molecule has 5 nitrogen and oxygen atoms in total. The molecule has 0 aliphatic carbocycles. The van der Waals surface area contributed by atoms with Gasteiger partial charge in [0.15, 0.2) is 11.0 Å². The Labute approximate surface area is 101 Å². The molecule has 0 amide bonds. The molecule has 4 aromatic rings. The number of benzene rings is 2. The van der Waals surface area contributed by atoms with Crippen molar-refractivity contribution in [2.45, 2.75) is 0 Å². The van der Waals surface area contributed by atoms with Crippen LogP contribution < -0.4 is 9.62 Å². The SMILES string of the molecule is [O-]c1c2ccccc2nn2nc3ccccc3[n+]12. The average molecular weight is 236 g/mol. The highest BCUT2D eigenvalue weighted by Crippen LogP contribution is 2.17. The van der Waals surface area contributed by atoms with Crippen LogP contribution in [0.4, 0.5) is 0 Å². The Morgan fingerprint density at radius 2 is 1.56 bits per heavy atom. The van der Waals surface area contributed by atoms with Crippen molar-refractivity contribution in [3.63, 3.8) is 0 Å². The summed E-state index contributed by atoms with van der Waals surface area (Å²) in [6, 6.07) is 14.8. The van der Waals surface area contributed by atoms with Gasteiger partial charge in [-0.25, -0.2) is 0 Å². The summed E-state index contributed by atoms with van der Waals surface area (Å²) >= 11 is 0. The minimum Gasteiger partial charge on any atom is -0.846 e. The quantitative estimate of drug-likeness (QED) is 0.422. The highest BCUT2D eigenvalue weighted by Gasteiger charge is 2.15. The van der Waals surface area contributed by atoms with E-state index in [9.17, 15) is 5.11 Å². The van der Waals surface area contributed by atoms with E-state index in [4.69, 9.17) is 0 Å². The van der Waals surface area contributed by atoms with E-state index in [1.54, 1.807) is 6.07 Å². The number of hydrogen-bond donors (Lipinski definition) is 0. The molecule has 0 atom stereocenters. The molecule has 0 radical (unpaired) electrons. The molecule has 0 saturated heterocycles. The first-order valence-corrected chi connectivity index (χ1v) is 5.60. The molecule has 2 heterocycles. The number of aromatic nitrogens is 4. The van der Waals surface area contributed by atoms with E-state index in [1.807, 2.05) is 42.5 Å². The number of para-hydroxylation sites is 1. The fourth-order valence-corrected chi connectivity index (χ4v) is 2.18. The van der Waals surface area contributed by atoms with Crippen LogP contribution >= 0.6 is 0 Å². The molecule has 2 aromatic carbocycles. The predicted molar refractivity (Wildman–Crippen MR) is 63.1 cm³/mol. The van der Waals surface area contributed by atoms with E-state index in [1.165, 1.54) is 9.26 Å². The molecule has 2 aromatic heterocycles. The lowest BCUT2D eigenvalue weighted by molar-refractivity contribution is -0.654. The predicted octanol–water partition coefficient (Wildman–Crippen LogP) is 0.695. The van der Waals surface area contributed by atoms with Crippen molar-refractivity contribution in [1.82, 2.24) is 14.9 Å². The smallest absolute Gasteiger partial charge is 0.207 e. The van der Waals surface area contributed by atoms with Crippen LogP contribution in [0, 0.1) is 0 Å². The van der Waals surface area contributed by atoms with Crippen LogP contribution in [0.15, 0.2) is 48.5 Å². The molecular weight excluding hydrogens is 228 g/mol. The van der Waals surface area contributed by atoms with Crippen LogP contribution in [0.25, 0.3) is 21.9 Å². The third kappa shape index (κ3) is 1.08. The number of nitrogens with zero attached hydrogens (tertiary/aromatic N) is 4. The zero-order chi connectivity index (χ0) is 12.1. The summed E-state index contributed by atoms with van der Waals surface area (Å²) in [6.07, 6.45) is 0. The van der Waals surface area contributed by atoms with Gasteiger partial charge in [0.1, 0.15) is 0 Å². The second-order valence-electron chi connectivity index (χ2n) is 4.09. The second-order valence-corrected chi connectivity index (χ2v) is 4.09. The van der Waals surface area contributed by atoms with Gasteiger partial charge in [0.2, 0.25) is 5.52 Å². The Balaban J connectivity index is 2.34. The third-order valence-electron chi connectivity index (χ3n) is 3.01. The van der Waals surface area contributed by atoms with Gasteiger partial charge < -0.3 is 5.11 Å². The first-order chi connectivity index (χ1) is 8.84. The maximum atomic E-state index is 12.4. The second kappa shape index (κ2) is 3.16. The molecule has 0 aliphatic rings. The summed E-state index contributed by atoms with van der Waals surface area (Å²) in [5, 5.41) is 21.7.